The third-order valence-electron chi connectivity index (χ3n) is 5.44. The summed E-state index contributed by atoms with van der Waals surface area (Å²) in [7, 11) is -1.80. The Morgan fingerprint density at radius 2 is 2.07 bits per heavy atom. The molecule has 1 aromatic rings. The van der Waals surface area contributed by atoms with Gasteiger partial charge in [-0.1, -0.05) is 18.9 Å². The quantitative estimate of drug-likeness (QED) is 0.294. The summed E-state index contributed by atoms with van der Waals surface area (Å²) < 4.78 is 32.4. The van der Waals surface area contributed by atoms with Gasteiger partial charge in [-0.25, -0.2) is 8.42 Å². The van der Waals surface area contributed by atoms with Crippen LogP contribution >= 0.6 is 11.3 Å². The SMILES string of the molecule is CCNC(=NCC1(CCOCC)CCCC1)NCCN(C)S(=O)(=O)c1cccs1. The fourth-order valence-corrected chi connectivity index (χ4v) is 6.02. The zero-order valence-electron chi connectivity index (χ0n) is 17.9. The van der Waals surface area contributed by atoms with Crippen LogP contribution in [-0.4, -0.2) is 65.1 Å². The summed E-state index contributed by atoms with van der Waals surface area (Å²) >= 11 is 1.24. The number of hydrogen-bond donors (Lipinski definition) is 2. The number of sulfonamides is 1. The smallest absolute Gasteiger partial charge is 0.252 e. The van der Waals surface area contributed by atoms with Crippen LogP contribution in [0.3, 0.4) is 0 Å². The predicted octanol–water partition coefficient (Wildman–Crippen LogP) is 2.91. The minimum absolute atomic E-state index is 0.233. The molecule has 9 heteroatoms. The molecule has 0 amide bonds. The van der Waals surface area contributed by atoms with Crippen LogP contribution in [-0.2, 0) is 14.8 Å². The number of likely N-dealkylation sites (N-methyl/N-ethyl adjacent to an activating group) is 1. The van der Waals surface area contributed by atoms with E-state index in [1.165, 1.54) is 41.3 Å². The topological polar surface area (TPSA) is 83.0 Å². The lowest BCUT2D eigenvalue weighted by atomic mass is 9.83. The maximum atomic E-state index is 12.5. The Bertz CT molecular complexity index is 714. The second-order valence-corrected chi connectivity index (χ2v) is 10.8. The van der Waals surface area contributed by atoms with Crippen molar-refractivity contribution in [2.45, 2.75) is 50.2 Å². The van der Waals surface area contributed by atoms with Crippen molar-refractivity contribution in [2.75, 3.05) is 46.4 Å². The van der Waals surface area contributed by atoms with Gasteiger partial charge in [0.05, 0.1) is 0 Å². The molecule has 0 aliphatic heterocycles. The van der Waals surface area contributed by atoms with Crippen LogP contribution in [0.4, 0.5) is 0 Å². The van der Waals surface area contributed by atoms with E-state index >= 15 is 0 Å². The van der Waals surface area contributed by atoms with Gasteiger partial charge >= 0.3 is 0 Å². The van der Waals surface area contributed by atoms with Crippen LogP contribution < -0.4 is 10.6 Å². The summed E-state index contributed by atoms with van der Waals surface area (Å²) in [6.45, 7) is 8.03. The molecule has 29 heavy (non-hydrogen) atoms. The standard InChI is InChI=1S/C20H36N4O3S2/c1-4-21-19(23-17-20(10-6-7-11-20)12-15-27-5-2)22-13-14-24(3)29(25,26)18-9-8-16-28-18/h8-9,16H,4-7,10-15,17H2,1-3H3,(H2,21,22,23). The summed E-state index contributed by atoms with van der Waals surface area (Å²) in [5.41, 5.74) is 0.233. The predicted molar refractivity (Wildman–Crippen MR) is 120 cm³/mol. The fraction of sp³-hybridized carbons (Fsp3) is 0.750. The molecule has 2 N–H and O–H groups in total. The van der Waals surface area contributed by atoms with E-state index in [9.17, 15) is 8.42 Å². The summed E-state index contributed by atoms with van der Waals surface area (Å²) in [4.78, 5) is 4.83. The lowest BCUT2D eigenvalue weighted by Crippen LogP contribution is -2.42. The molecule has 1 aromatic heterocycles. The molecule has 166 valence electrons. The molecule has 0 saturated heterocycles. The molecule has 7 nitrogen and oxygen atoms in total. The number of thiophene rings is 1. The van der Waals surface area contributed by atoms with Crippen LogP contribution in [0.1, 0.15) is 46.0 Å². The van der Waals surface area contributed by atoms with Crippen molar-refractivity contribution in [2.24, 2.45) is 10.4 Å². The Labute approximate surface area is 180 Å². The molecular weight excluding hydrogens is 408 g/mol. The van der Waals surface area contributed by atoms with Crippen LogP contribution in [0.15, 0.2) is 26.7 Å². The number of guanidine groups is 1. The van der Waals surface area contributed by atoms with E-state index in [-0.39, 0.29) is 5.41 Å². The largest absolute Gasteiger partial charge is 0.382 e. The van der Waals surface area contributed by atoms with E-state index in [1.807, 2.05) is 13.8 Å². The van der Waals surface area contributed by atoms with E-state index in [2.05, 4.69) is 10.6 Å². The highest BCUT2D eigenvalue weighted by molar-refractivity contribution is 7.91. The van der Waals surface area contributed by atoms with Crippen molar-refractivity contribution in [3.8, 4) is 0 Å². The zero-order valence-corrected chi connectivity index (χ0v) is 19.6. The van der Waals surface area contributed by atoms with Gasteiger partial charge in [0.2, 0.25) is 0 Å². The third kappa shape index (κ3) is 7.24. The maximum Gasteiger partial charge on any atom is 0.252 e. The average Bonchev–Trinajstić information content (AvgIpc) is 3.39. The lowest BCUT2D eigenvalue weighted by Gasteiger charge is -2.27. The van der Waals surface area contributed by atoms with Gasteiger partial charge in [-0.3, -0.25) is 4.99 Å². The van der Waals surface area contributed by atoms with E-state index in [4.69, 9.17) is 9.73 Å². The van der Waals surface area contributed by atoms with Crippen molar-refractivity contribution in [1.82, 2.24) is 14.9 Å². The molecule has 0 aromatic carbocycles. The average molecular weight is 445 g/mol. The Balaban J connectivity index is 1.89. The van der Waals surface area contributed by atoms with E-state index < -0.39 is 10.0 Å². The summed E-state index contributed by atoms with van der Waals surface area (Å²) in [5, 5.41) is 8.33. The van der Waals surface area contributed by atoms with Crippen molar-refractivity contribution < 1.29 is 13.2 Å². The fourth-order valence-electron chi connectivity index (χ4n) is 3.65. The highest BCUT2D eigenvalue weighted by atomic mass is 32.2. The van der Waals surface area contributed by atoms with Crippen LogP contribution in [0.2, 0.25) is 0 Å². The first-order chi connectivity index (χ1) is 13.9. The summed E-state index contributed by atoms with van der Waals surface area (Å²) in [6.07, 6.45) is 5.97. The molecule has 1 aliphatic rings. The first-order valence-corrected chi connectivity index (χ1v) is 12.9. The minimum atomic E-state index is -3.42. The Morgan fingerprint density at radius 1 is 1.31 bits per heavy atom. The molecule has 1 fully saturated rings. The molecular formula is C20H36N4O3S2. The number of ether oxygens (including phenoxy) is 1. The van der Waals surface area contributed by atoms with Gasteiger partial charge in [0.15, 0.2) is 5.96 Å². The third-order valence-corrected chi connectivity index (χ3v) is 8.67. The Hall–Kier alpha value is -1.16. The molecule has 0 unspecified atom stereocenters. The Morgan fingerprint density at radius 3 is 2.69 bits per heavy atom. The normalized spacial score (nSPS) is 17.0. The molecule has 0 atom stereocenters. The second kappa shape index (κ2) is 11.9. The first-order valence-electron chi connectivity index (χ1n) is 10.5. The van der Waals surface area contributed by atoms with Crippen LogP contribution in [0.25, 0.3) is 0 Å². The van der Waals surface area contributed by atoms with Crippen LogP contribution in [0.5, 0.6) is 0 Å². The molecule has 0 spiro atoms. The Kier molecular flexibility index (Phi) is 9.88. The molecule has 0 bridgehead atoms. The van der Waals surface area contributed by atoms with E-state index in [0.717, 1.165) is 38.7 Å². The molecule has 2 rings (SSSR count). The van der Waals surface area contributed by atoms with Crippen molar-refractivity contribution in [3.05, 3.63) is 17.5 Å². The second-order valence-electron chi connectivity index (χ2n) is 7.53. The van der Waals surface area contributed by atoms with Gasteiger partial charge < -0.3 is 15.4 Å². The van der Waals surface area contributed by atoms with Gasteiger partial charge in [-0.2, -0.15) is 4.31 Å². The van der Waals surface area contributed by atoms with Gasteiger partial charge in [-0.15, -0.1) is 11.3 Å². The maximum absolute atomic E-state index is 12.5. The van der Waals surface area contributed by atoms with Crippen LogP contribution in [0, 0.1) is 5.41 Å². The lowest BCUT2D eigenvalue weighted by molar-refractivity contribution is 0.107. The number of hydrogen-bond acceptors (Lipinski definition) is 5. The van der Waals surface area contributed by atoms with E-state index in [1.54, 1.807) is 24.6 Å². The molecule has 1 saturated carbocycles. The highest BCUT2D eigenvalue weighted by Crippen LogP contribution is 2.41. The monoisotopic (exact) mass is 444 g/mol. The first kappa shape index (κ1) is 24.1. The summed E-state index contributed by atoms with van der Waals surface area (Å²) in [6, 6.07) is 3.39. The van der Waals surface area contributed by atoms with Gasteiger partial charge in [0.25, 0.3) is 10.0 Å². The molecule has 0 radical (unpaired) electrons. The summed E-state index contributed by atoms with van der Waals surface area (Å²) in [5.74, 6) is 0.747. The number of nitrogens with one attached hydrogen (secondary N) is 2. The number of rotatable bonds is 12. The van der Waals surface area contributed by atoms with Gasteiger partial charge in [-0.05, 0) is 50.0 Å². The molecule has 1 heterocycles. The number of nitrogens with zero attached hydrogens (tertiary/aromatic N) is 2. The van der Waals surface area contributed by atoms with Crippen molar-refractivity contribution >= 4 is 27.3 Å². The van der Waals surface area contributed by atoms with Crippen molar-refractivity contribution in [1.29, 1.82) is 0 Å². The molecule has 1 aliphatic carbocycles. The zero-order chi connectivity index (χ0) is 21.2. The van der Waals surface area contributed by atoms with Gasteiger partial charge in [0.1, 0.15) is 4.21 Å². The number of aliphatic imine (C=N–C) groups is 1. The van der Waals surface area contributed by atoms with E-state index in [0.29, 0.717) is 17.3 Å². The van der Waals surface area contributed by atoms with Gasteiger partial charge in [0, 0.05) is 46.4 Å². The van der Waals surface area contributed by atoms with Crippen molar-refractivity contribution in [3.63, 3.8) is 0 Å². The highest BCUT2D eigenvalue weighted by Gasteiger charge is 2.33. The minimum Gasteiger partial charge on any atom is -0.382 e.